The largest absolute Gasteiger partial charge is 0.491 e. The third-order valence-corrected chi connectivity index (χ3v) is 2.93. The van der Waals surface area contributed by atoms with Crippen molar-refractivity contribution in [1.82, 2.24) is 4.98 Å². The number of rotatable bonds is 5. The van der Waals surface area contributed by atoms with Crippen LogP contribution in [0.4, 0.5) is 11.5 Å². The SMILES string of the molecule is CCCOc1ccc(C(=O)Nc2cc(Cl)ccn2)cc1N. The van der Waals surface area contributed by atoms with Crippen molar-refractivity contribution in [3.8, 4) is 5.75 Å². The minimum atomic E-state index is -0.307. The second-order valence-corrected chi connectivity index (χ2v) is 4.85. The fourth-order valence-corrected chi connectivity index (χ4v) is 1.85. The van der Waals surface area contributed by atoms with Gasteiger partial charge >= 0.3 is 0 Å². The van der Waals surface area contributed by atoms with Gasteiger partial charge in [0.25, 0.3) is 5.91 Å². The lowest BCUT2D eigenvalue weighted by Crippen LogP contribution is -2.13. The number of anilines is 2. The summed E-state index contributed by atoms with van der Waals surface area (Å²) in [6.45, 7) is 2.60. The number of nitrogens with two attached hydrogens (primary N) is 1. The second-order valence-electron chi connectivity index (χ2n) is 4.41. The molecular weight excluding hydrogens is 290 g/mol. The number of amides is 1. The van der Waals surface area contributed by atoms with E-state index in [4.69, 9.17) is 22.1 Å². The molecule has 1 aromatic heterocycles. The second kappa shape index (κ2) is 6.95. The molecule has 1 aromatic carbocycles. The molecule has 0 bridgehead atoms. The third-order valence-electron chi connectivity index (χ3n) is 2.70. The lowest BCUT2D eigenvalue weighted by atomic mass is 10.1. The average molecular weight is 306 g/mol. The van der Waals surface area contributed by atoms with E-state index in [9.17, 15) is 4.79 Å². The van der Waals surface area contributed by atoms with E-state index in [1.165, 1.54) is 6.20 Å². The molecule has 0 aliphatic heterocycles. The van der Waals surface area contributed by atoms with Crippen LogP contribution in [-0.2, 0) is 0 Å². The van der Waals surface area contributed by atoms with Crippen molar-refractivity contribution >= 4 is 29.0 Å². The van der Waals surface area contributed by atoms with Crippen molar-refractivity contribution in [1.29, 1.82) is 0 Å². The monoisotopic (exact) mass is 305 g/mol. The number of aromatic nitrogens is 1. The van der Waals surface area contributed by atoms with E-state index in [2.05, 4.69) is 10.3 Å². The molecule has 0 radical (unpaired) electrons. The zero-order valence-electron chi connectivity index (χ0n) is 11.6. The summed E-state index contributed by atoms with van der Waals surface area (Å²) < 4.78 is 5.47. The number of nitrogens with zero attached hydrogens (tertiary/aromatic N) is 1. The van der Waals surface area contributed by atoms with Gasteiger partial charge in [-0.2, -0.15) is 0 Å². The standard InChI is InChI=1S/C15H16ClN3O2/c1-2-7-21-13-4-3-10(8-12(13)17)15(20)19-14-9-11(16)5-6-18-14/h3-6,8-9H,2,7,17H2,1H3,(H,18,19,20). The molecular formula is C15H16ClN3O2. The first-order valence-corrected chi connectivity index (χ1v) is 6.93. The normalized spacial score (nSPS) is 10.2. The Morgan fingerprint density at radius 2 is 2.19 bits per heavy atom. The van der Waals surface area contributed by atoms with Crippen LogP contribution in [0.3, 0.4) is 0 Å². The average Bonchev–Trinajstić information content (AvgIpc) is 2.46. The maximum atomic E-state index is 12.1. The maximum Gasteiger partial charge on any atom is 0.256 e. The summed E-state index contributed by atoms with van der Waals surface area (Å²) >= 11 is 5.84. The number of benzene rings is 1. The predicted molar refractivity (Wildman–Crippen MR) is 83.8 cm³/mol. The Morgan fingerprint density at radius 3 is 2.86 bits per heavy atom. The van der Waals surface area contributed by atoms with Crippen LogP contribution < -0.4 is 15.8 Å². The molecule has 0 fully saturated rings. The number of nitrogen functional groups attached to an aromatic ring is 1. The summed E-state index contributed by atoms with van der Waals surface area (Å²) in [4.78, 5) is 16.1. The van der Waals surface area contributed by atoms with Crippen LogP contribution in [0.15, 0.2) is 36.5 Å². The summed E-state index contributed by atoms with van der Waals surface area (Å²) in [5.74, 6) is 0.658. The highest BCUT2D eigenvalue weighted by Gasteiger charge is 2.10. The van der Waals surface area contributed by atoms with Crippen LogP contribution in [0.1, 0.15) is 23.7 Å². The minimum absolute atomic E-state index is 0.307. The van der Waals surface area contributed by atoms with Crippen LogP contribution in [0, 0.1) is 0 Å². The quantitative estimate of drug-likeness (QED) is 0.830. The molecule has 1 amide bonds. The van der Waals surface area contributed by atoms with Crippen LogP contribution in [-0.4, -0.2) is 17.5 Å². The molecule has 5 nitrogen and oxygen atoms in total. The molecule has 2 aromatic rings. The zero-order valence-corrected chi connectivity index (χ0v) is 12.4. The highest BCUT2D eigenvalue weighted by atomic mass is 35.5. The van der Waals surface area contributed by atoms with Crippen molar-refractivity contribution in [2.75, 3.05) is 17.7 Å². The molecule has 0 saturated heterocycles. The van der Waals surface area contributed by atoms with Crippen LogP contribution >= 0.6 is 11.6 Å². The van der Waals surface area contributed by atoms with E-state index in [-0.39, 0.29) is 5.91 Å². The molecule has 110 valence electrons. The van der Waals surface area contributed by atoms with Gasteiger partial charge < -0.3 is 15.8 Å². The summed E-state index contributed by atoms with van der Waals surface area (Å²) in [5, 5.41) is 3.16. The van der Waals surface area contributed by atoms with Gasteiger partial charge in [0, 0.05) is 16.8 Å². The molecule has 21 heavy (non-hydrogen) atoms. The van der Waals surface area contributed by atoms with Gasteiger partial charge in [0.2, 0.25) is 0 Å². The van der Waals surface area contributed by atoms with Gasteiger partial charge in [-0.05, 0) is 36.8 Å². The Labute approximate surface area is 128 Å². The Kier molecular flexibility index (Phi) is 5.00. The topological polar surface area (TPSA) is 77.2 Å². The van der Waals surface area contributed by atoms with Crippen LogP contribution in [0.25, 0.3) is 0 Å². The van der Waals surface area contributed by atoms with Crippen LogP contribution in [0.2, 0.25) is 5.02 Å². The van der Waals surface area contributed by atoms with Gasteiger partial charge in [-0.3, -0.25) is 4.79 Å². The van der Waals surface area contributed by atoms with Gasteiger partial charge in [-0.25, -0.2) is 4.98 Å². The number of hydrogen-bond donors (Lipinski definition) is 2. The maximum absolute atomic E-state index is 12.1. The number of pyridine rings is 1. The third kappa shape index (κ3) is 4.10. The van der Waals surface area contributed by atoms with Crippen molar-refractivity contribution < 1.29 is 9.53 Å². The van der Waals surface area contributed by atoms with Crippen molar-refractivity contribution in [2.24, 2.45) is 0 Å². The Morgan fingerprint density at radius 1 is 1.38 bits per heavy atom. The van der Waals surface area contributed by atoms with E-state index < -0.39 is 0 Å². The Bertz CT molecular complexity index is 647. The number of ether oxygens (including phenoxy) is 1. The minimum Gasteiger partial charge on any atom is -0.491 e. The summed E-state index contributed by atoms with van der Waals surface area (Å²) in [6, 6.07) is 8.12. The van der Waals surface area contributed by atoms with E-state index in [0.29, 0.717) is 34.4 Å². The first-order chi connectivity index (χ1) is 10.1. The molecule has 0 unspecified atom stereocenters. The van der Waals surface area contributed by atoms with Gasteiger partial charge in [0.1, 0.15) is 11.6 Å². The molecule has 0 atom stereocenters. The van der Waals surface area contributed by atoms with Gasteiger partial charge in [0.15, 0.2) is 0 Å². The smallest absolute Gasteiger partial charge is 0.256 e. The molecule has 2 rings (SSSR count). The molecule has 0 aliphatic rings. The van der Waals surface area contributed by atoms with Crippen molar-refractivity contribution in [2.45, 2.75) is 13.3 Å². The first kappa shape index (κ1) is 15.1. The number of nitrogens with one attached hydrogen (secondary N) is 1. The fourth-order valence-electron chi connectivity index (χ4n) is 1.69. The molecule has 1 heterocycles. The zero-order chi connectivity index (χ0) is 15.2. The molecule has 0 saturated carbocycles. The van der Waals surface area contributed by atoms with Gasteiger partial charge in [0.05, 0.1) is 12.3 Å². The van der Waals surface area contributed by atoms with Crippen molar-refractivity contribution in [3.05, 3.63) is 47.1 Å². The molecule has 3 N–H and O–H groups in total. The predicted octanol–water partition coefficient (Wildman–Crippen LogP) is 3.36. The number of halogens is 1. The van der Waals surface area contributed by atoms with Crippen molar-refractivity contribution in [3.63, 3.8) is 0 Å². The van der Waals surface area contributed by atoms with Gasteiger partial charge in [-0.15, -0.1) is 0 Å². The van der Waals surface area contributed by atoms with Gasteiger partial charge in [-0.1, -0.05) is 18.5 Å². The Balaban J connectivity index is 2.11. The number of carbonyl (C=O) groups excluding carboxylic acids is 1. The summed E-state index contributed by atoms with van der Waals surface area (Å²) in [5.41, 5.74) is 6.73. The van der Waals surface area contributed by atoms with E-state index >= 15 is 0 Å². The van der Waals surface area contributed by atoms with E-state index in [1.807, 2.05) is 6.92 Å². The fraction of sp³-hybridized carbons (Fsp3) is 0.200. The molecule has 6 heteroatoms. The summed E-state index contributed by atoms with van der Waals surface area (Å²) in [7, 11) is 0. The highest BCUT2D eigenvalue weighted by molar-refractivity contribution is 6.30. The Hall–Kier alpha value is -2.27. The molecule has 0 spiro atoms. The number of hydrogen-bond acceptors (Lipinski definition) is 4. The first-order valence-electron chi connectivity index (χ1n) is 6.55. The summed E-state index contributed by atoms with van der Waals surface area (Å²) in [6.07, 6.45) is 2.41. The lowest BCUT2D eigenvalue weighted by Gasteiger charge is -2.10. The number of carbonyl (C=O) groups is 1. The highest BCUT2D eigenvalue weighted by Crippen LogP contribution is 2.23. The molecule has 0 aliphatic carbocycles. The van der Waals surface area contributed by atoms with E-state index in [1.54, 1.807) is 30.3 Å². The van der Waals surface area contributed by atoms with E-state index in [0.717, 1.165) is 6.42 Å². The lowest BCUT2D eigenvalue weighted by molar-refractivity contribution is 0.102. The van der Waals surface area contributed by atoms with Crippen LogP contribution in [0.5, 0.6) is 5.75 Å².